The van der Waals surface area contributed by atoms with Crippen LogP contribution in [0.4, 0.5) is 0 Å². The Labute approximate surface area is 154 Å². The first-order chi connectivity index (χ1) is 12.3. The van der Waals surface area contributed by atoms with Crippen molar-refractivity contribution < 1.29 is 22.7 Å². The molecule has 144 valence electrons. The fraction of sp³-hybridized carbons (Fsp3) is 0.778. The lowest BCUT2D eigenvalue weighted by Gasteiger charge is -2.24. The molecule has 2 saturated heterocycles. The van der Waals surface area contributed by atoms with Crippen molar-refractivity contribution in [2.24, 2.45) is 11.8 Å². The highest BCUT2D eigenvalue weighted by Gasteiger charge is 2.57. The molecule has 0 aromatic rings. The number of allylic oxidation sites excluding steroid dienone is 1. The van der Waals surface area contributed by atoms with Gasteiger partial charge in [-0.25, -0.2) is 13.2 Å². The zero-order valence-electron chi connectivity index (χ0n) is 15.2. The second-order valence-electron chi connectivity index (χ2n) is 8.35. The van der Waals surface area contributed by atoms with Gasteiger partial charge in [0.1, 0.15) is 6.04 Å². The first-order valence-electron chi connectivity index (χ1n) is 9.35. The lowest BCUT2D eigenvalue weighted by Crippen LogP contribution is -2.49. The molecule has 2 heterocycles. The van der Waals surface area contributed by atoms with E-state index in [1.165, 1.54) is 11.4 Å². The molecule has 4 unspecified atom stereocenters. The van der Waals surface area contributed by atoms with Gasteiger partial charge in [0.2, 0.25) is 15.9 Å². The van der Waals surface area contributed by atoms with Gasteiger partial charge in [-0.15, -0.1) is 0 Å². The molecule has 7 nitrogen and oxygen atoms in total. The van der Waals surface area contributed by atoms with E-state index in [9.17, 15) is 18.0 Å². The number of carbonyl (C=O) groups excluding carboxylic acids is 2. The number of hydrogen-bond acceptors (Lipinski definition) is 5. The van der Waals surface area contributed by atoms with Crippen molar-refractivity contribution in [3.8, 4) is 0 Å². The van der Waals surface area contributed by atoms with Gasteiger partial charge in [-0.05, 0) is 62.9 Å². The van der Waals surface area contributed by atoms with Crippen LogP contribution >= 0.6 is 0 Å². The van der Waals surface area contributed by atoms with Gasteiger partial charge in [-0.3, -0.25) is 4.79 Å². The van der Waals surface area contributed by atoms with Crippen molar-refractivity contribution in [1.82, 2.24) is 9.62 Å². The third kappa shape index (κ3) is 2.78. The highest BCUT2D eigenvalue weighted by atomic mass is 32.2. The van der Waals surface area contributed by atoms with E-state index >= 15 is 0 Å². The van der Waals surface area contributed by atoms with Gasteiger partial charge in [0.15, 0.2) is 5.25 Å². The second kappa shape index (κ2) is 6.05. The molecular weight excluding hydrogens is 356 g/mol. The Hall–Kier alpha value is -1.41. The molecule has 2 aliphatic carbocycles. The smallest absolute Gasteiger partial charge is 0.332 e. The minimum atomic E-state index is -3.68. The van der Waals surface area contributed by atoms with E-state index < -0.39 is 38.7 Å². The Morgan fingerprint density at radius 3 is 2.81 bits per heavy atom. The predicted octanol–water partition coefficient (Wildman–Crippen LogP) is 0.957. The maximum Gasteiger partial charge on any atom is 0.332 e. The summed E-state index contributed by atoms with van der Waals surface area (Å²) in [5.74, 6) is 0.161. The summed E-state index contributed by atoms with van der Waals surface area (Å²) >= 11 is 0. The van der Waals surface area contributed by atoms with E-state index in [1.54, 1.807) is 0 Å². The number of esters is 1. The minimum absolute atomic E-state index is 0.277. The van der Waals surface area contributed by atoms with Crippen LogP contribution in [-0.4, -0.2) is 55.1 Å². The van der Waals surface area contributed by atoms with Crippen LogP contribution in [-0.2, 0) is 24.3 Å². The quantitative estimate of drug-likeness (QED) is 0.577. The van der Waals surface area contributed by atoms with Crippen molar-refractivity contribution in [3.63, 3.8) is 0 Å². The Kier molecular flexibility index (Phi) is 4.19. The molecule has 1 N–H and O–H groups in total. The van der Waals surface area contributed by atoms with Gasteiger partial charge < -0.3 is 10.1 Å². The van der Waals surface area contributed by atoms with Crippen LogP contribution in [0.3, 0.4) is 0 Å². The summed E-state index contributed by atoms with van der Waals surface area (Å²) in [6.07, 6.45) is 6.72. The Bertz CT molecular complexity index is 776. The molecule has 0 spiro atoms. The van der Waals surface area contributed by atoms with E-state index in [0.717, 1.165) is 37.7 Å². The standard InChI is InChI=1S/C18H26N2O5S/c1-18-6-3-7-20(18)26(23,24)14(10-18)16(21)19-15(17(22)25-2)12-5-4-11-8-13(11)9-12/h5,11,13-15H,3-4,6-10H2,1-2H3,(H,19,21)/t11?,13?,14?,15-,18?/m1/s1. The number of rotatable bonds is 4. The number of nitrogens with one attached hydrogen (secondary N) is 1. The van der Waals surface area contributed by atoms with Crippen LogP contribution in [0.1, 0.15) is 45.4 Å². The zero-order chi connectivity index (χ0) is 18.7. The fourth-order valence-corrected chi connectivity index (χ4v) is 7.33. The van der Waals surface area contributed by atoms with E-state index in [4.69, 9.17) is 4.74 Å². The number of methoxy groups -OCH3 is 1. The average Bonchev–Trinajstić information content (AvgIpc) is 3.22. The Balaban J connectivity index is 1.53. The first kappa shape index (κ1) is 18.0. The summed E-state index contributed by atoms with van der Waals surface area (Å²) in [6, 6.07) is -0.882. The molecule has 4 aliphatic rings. The largest absolute Gasteiger partial charge is 0.467 e. The molecule has 1 saturated carbocycles. The summed E-state index contributed by atoms with van der Waals surface area (Å²) in [5, 5.41) is 1.57. The molecule has 0 aromatic carbocycles. The Morgan fingerprint density at radius 2 is 2.15 bits per heavy atom. The summed E-state index contributed by atoms with van der Waals surface area (Å²) in [5.41, 5.74) is 0.374. The number of hydrogen-bond donors (Lipinski definition) is 1. The monoisotopic (exact) mass is 382 g/mol. The molecule has 2 aliphatic heterocycles. The normalized spacial score (nSPS) is 38.7. The molecule has 3 fully saturated rings. The molecular formula is C18H26N2O5S. The summed E-state index contributed by atoms with van der Waals surface area (Å²) < 4.78 is 32.0. The maximum absolute atomic E-state index is 12.8. The Morgan fingerprint density at radius 1 is 1.38 bits per heavy atom. The highest BCUT2D eigenvalue weighted by Crippen LogP contribution is 2.49. The molecule has 26 heavy (non-hydrogen) atoms. The van der Waals surface area contributed by atoms with Crippen molar-refractivity contribution in [2.75, 3.05) is 13.7 Å². The van der Waals surface area contributed by atoms with Crippen LogP contribution in [0.2, 0.25) is 0 Å². The molecule has 1 amide bonds. The average molecular weight is 382 g/mol. The molecule has 8 heteroatoms. The number of ether oxygens (including phenoxy) is 1. The fourth-order valence-electron chi connectivity index (χ4n) is 4.95. The minimum Gasteiger partial charge on any atom is -0.467 e. The lowest BCUT2D eigenvalue weighted by atomic mass is 9.92. The molecule has 5 atom stereocenters. The van der Waals surface area contributed by atoms with Gasteiger partial charge in [0.05, 0.1) is 7.11 Å². The van der Waals surface area contributed by atoms with Crippen LogP contribution < -0.4 is 5.32 Å². The van der Waals surface area contributed by atoms with Crippen molar-refractivity contribution in [2.45, 2.75) is 62.3 Å². The van der Waals surface area contributed by atoms with Gasteiger partial charge in [0.25, 0.3) is 0 Å². The molecule has 0 radical (unpaired) electrons. The third-order valence-corrected chi connectivity index (χ3v) is 8.94. The summed E-state index contributed by atoms with van der Waals surface area (Å²) in [4.78, 5) is 25.1. The van der Waals surface area contributed by atoms with Gasteiger partial charge in [0, 0.05) is 12.1 Å². The SMILES string of the molecule is COC(=O)[C@H](NC(=O)C1CC2(C)CCCN2S1(=O)=O)C1=CCC2CC2C1. The highest BCUT2D eigenvalue weighted by molar-refractivity contribution is 7.90. The summed E-state index contributed by atoms with van der Waals surface area (Å²) in [6.45, 7) is 2.37. The van der Waals surface area contributed by atoms with E-state index in [0.29, 0.717) is 18.4 Å². The van der Waals surface area contributed by atoms with Crippen LogP contribution in [0, 0.1) is 11.8 Å². The van der Waals surface area contributed by atoms with E-state index in [2.05, 4.69) is 5.32 Å². The van der Waals surface area contributed by atoms with Crippen molar-refractivity contribution >= 4 is 21.9 Å². The lowest BCUT2D eigenvalue weighted by molar-refractivity contribution is -0.144. The van der Waals surface area contributed by atoms with E-state index in [-0.39, 0.29) is 6.42 Å². The molecule has 0 aromatic heterocycles. The van der Waals surface area contributed by atoms with Gasteiger partial charge in [-0.2, -0.15) is 4.31 Å². The van der Waals surface area contributed by atoms with Crippen LogP contribution in [0.25, 0.3) is 0 Å². The van der Waals surface area contributed by atoms with Crippen LogP contribution in [0.15, 0.2) is 11.6 Å². The van der Waals surface area contributed by atoms with Gasteiger partial charge in [-0.1, -0.05) is 6.08 Å². The van der Waals surface area contributed by atoms with Crippen molar-refractivity contribution in [1.29, 1.82) is 0 Å². The summed E-state index contributed by atoms with van der Waals surface area (Å²) in [7, 11) is -2.40. The number of sulfonamides is 1. The first-order valence-corrected chi connectivity index (χ1v) is 10.9. The number of amides is 1. The van der Waals surface area contributed by atoms with Crippen LogP contribution in [0.5, 0.6) is 0 Å². The number of nitrogens with zero attached hydrogens (tertiary/aromatic N) is 1. The van der Waals surface area contributed by atoms with Crippen molar-refractivity contribution in [3.05, 3.63) is 11.6 Å². The third-order valence-electron chi connectivity index (χ3n) is 6.61. The van der Waals surface area contributed by atoms with E-state index in [1.807, 2.05) is 13.0 Å². The molecule has 0 bridgehead atoms. The predicted molar refractivity (Wildman–Crippen MR) is 94.5 cm³/mol. The second-order valence-corrected chi connectivity index (χ2v) is 10.4. The topological polar surface area (TPSA) is 92.8 Å². The zero-order valence-corrected chi connectivity index (χ0v) is 16.0. The van der Waals surface area contributed by atoms with Gasteiger partial charge >= 0.3 is 5.97 Å². The molecule has 4 rings (SSSR count). The number of carbonyl (C=O) groups is 2. The number of fused-ring (bicyclic) bond motifs is 2. The maximum atomic E-state index is 12.8.